The average molecular weight is 352 g/mol. The van der Waals surface area contributed by atoms with Gasteiger partial charge in [0.25, 0.3) is 5.91 Å². The lowest BCUT2D eigenvalue weighted by Crippen LogP contribution is -2.14. The SMILES string of the molecule is CCOc1ccccc1Nc1cnc(C(=O)Nc2cccc(F)c2)cn1. The number of anilines is 3. The highest BCUT2D eigenvalue weighted by molar-refractivity contribution is 6.02. The molecule has 1 aromatic heterocycles. The molecule has 0 saturated carbocycles. The third-order valence-corrected chi connectivity index (χ3v) is 3.42. The predicted octanol–water partition coefficient (Wildman–Crippen LogP) is 4.01. The van der Waals surface area contributed by atoms with E-state index in [-0.39, 0.29) is 5.69 Å². The quantitative estimate of drug-likeness (QED) is 0.701. The lowest BCUT2D eigenvalue weighted by atomic mass is 10.3. The van der Waals surface area contributed by atoms with Crippen molar-refractivity contribution in [1.82, 2.24) is 9.97 Å². The Bertz CT molecular complexity index is 900. The fourth-order valence-corrected chi connectivity index (χ4v) is 2.26. The maximum Gasteiger partial charge on any atom is 0.275 e. The highest BCUT2D eigenvalue weighted by Crippen LogP contribution is 2.26. The van der Waals surface area contributed by atoms with Gasteiger partial charge in [-0.25, -0.2) is 14.4 Å². The minimum atomic E-state index is -0.468. The molecule has 0 spiro atoms. The number of halogens is 1. The van der Waals surface area contributed by atoms with E-state index in [4.69, 9.17) is 4.74 Å². The molecule has 0 fully saturated rings. The van der Waals surface area contributed by atoms with Gasteiger partial charge in [0.15, 0.2) is 0 Å². The van der Waals surface area contributed by atoms with E-state index in [1.165, 1.54) is 30.6 Å². The maximum atomic E-state index is 13.2. The summed E-state index contributed by atoms with van der Waals surface area (Å²) in [6.07, 6.45) is 2.80. The zero-order valence-electron chi connectivity index (χ0n) is 14.1. The molecule has 0 aliphatic heterocycles. The summed E-state index contributed by atoms with van der Waals surface area (Å²) in [5.41, 5.74) is 1.23. The number of nitrogens with zero attached hydrogens (tertiary/aromatic N) is 2. The number of para-hydroxylation sites is 2. The van der Waals surface area contributed by atoms with Gasteiger partial charge in [-0.3, -0.25) is 4.79 Å². The summed E-state index contributed by atoms with van der Waals surface area (Å²) in [5, 5.41) is 5.67. The lowest BCUT2D eigenvalue weighted by Gasteiger charge is -2.11. The Balaban J connectivity index is 1.69. The van der Waals surface area contributed by atoms with Crippen molar-refractivity contribution >= 4 is 23.1 Å². The van der Waals surface area contributed by atoms with Crippen molar-refractivity contribution in [2.45, 2.75) is 6.92 Å². The molecule has 2 aromatic carbocycles. The van der Waals surface area contributed by atoms with Crippen LogP contribution < -0.4 is 15.4 Å². The van der Waals surface area contributed by atoms with Crippen molar-refractivity contribution in [3.63, 3.8) is 0 Å². The average Bonchev–Trinajstić information content (AvgIpc) is 2.64. The summed E-state index contributed by atoms with van der Waals surface area (Å²) in [7, 11) is 0. The first-order chi connectivity index (χ1) is 12.7. The second-order valence-corrected chi connectivity index (χ2v) is 5.31. The van der Waals surface area contributed by atoms with Gasteiger partial charge in [0.05, 0.1) is 24.7 Å². The Labute approximate surface area is 150 Å². The summed E-state index contributed by atoms with van der Waals surface area (Å²) in [6, 6.07) is 13.1. The molecule has 0 aliphatic carbocycles. The zero-order chi connectivity index (χ0) is 18.4. The highest BCUT2D eigenvalue weighted by Gasteiger charge is 2.10. The van der Waals surface area contributed by atoms with Gasteiger partial charge < -0.3 is 15.4 Å². The van der Waals surface area contributed by atoms with Crippen molar-refractivity contribution in [1.29, 1.82) is 0 Å². The van der Waals surface area contributed by atoms with E-state index in [9.17, 15) is 9.18 Å². The second kappa shape index (κ2) is 8.06. The lowest BCUT2D eigenvalue weighted by molar-refractivity contribution is 0.102. The number of carbonyl (C=O) groups is 1. The van der Waals surface area contributed by atoms with Crippen LogP contribution in [0.5, 0.6) is 5.75 Å². The maximum absolute atomic E-state index is 13.2. The number of amides is 1. The summed E-state index contributed by atoms with van der Waals surface area (Å²) >= 11 is 0. The van der Waals surface area contributed by atoms with Gasteiger partial charge in [-0.05, 0) is 37.3 Å². The number of rotatable bonds is 6. The molecule has 3 aromatic rings. The number of ether oxygens (including phenoxy) is 1. The van der Waals surface area contributed by atoms with Crippen LogP contribution in [0.4, 0.5) is 21.6 Å². The number of hydrogen-bond acceptors (Lipinski definition) is 5. The molecule has 6 nitrogen and oxygen atoms in total. The van der Waals surface area contributed by atoms with Crippen LogP contribution in [0.25, 0.3) is 0 Å². The smallest absolute Gasteiger partial charge is 0.275 e. The van der Waals surface area contributed by atoms with Crippen molar-refractivity contribution in [3.8, 4) is 5.75 Å². The van der Waals surface area contributed by atoms with Crippen LogP contribution in [0.3, 0.4) is 0 Å². The van der Waals surface area contributed by atoms with Crippen molar-refractivity contribution in [2.24, 2.45) is 0 Å². The molecule has 1 amide bonds. The fraction of sp³-hybridized carbons (Fsp3) is 0.105. The molecule has 0 radical (unpaired) electrons. The van der Waals surface area contributed by atoms with Gasteiger partial charge in [-0.1, -0.05) is 18.2 Å². The summed E-state index contributed by atoms with van der Waals surface area (Å²) < 4.78 is 18.7. The third-order valence-electron chi connectivity index (χ3n) is 3.42. The molecule has 0 saturated heterocycles. The topological polar surface area (TPSA) is 76.1 Å². The van der Waals surface area contributed by atoms with Crippen LogP contribution in [0.2, 0.25) is 0 Å². The number of aromatic nitrogens is 2. The van der Waals surface area contributed by atoms with Crippen LogP contribution in [0, 0.1) is 5.82 Å². The minimum Gasteiger partial charge on any atom is -0.492 e. The Morgan fingerprint density at radius 3 is 2.69 bits per heavy atom. The number of hydrogen-bond donors (Lipinski definition) is 2. The van der Waals surface area contributed by atoms with Crippen molar-refractivity contribution in [3.05, 3.63) is 72.4 Å². The Kier molecular flexibility index (Phi) is 5.38. The highest BCUT2D eigenvalue weighted by atomic mass is 19.1. The zero-order valence-corrected chi connectivity index (χ0v) is 14.1. The minimum absolute atomic E-state index is 0.123. The van der Waals surface area contributed by atoms with Gasteiger partial charge in [-0.15, -0.1) is 0 Å². The fourth-order valence-electron chi connectivity index (χ4n) is 2.26. The third kappa shape index (κ3) is 4.32. The van der Waals surface area contributed by atoms with Gasteiger partial charge >= 0.3 is 0 Å². The summed E-state index contributed by atoms with van der Waals surface area (Å²) in [4.78, 5) is 20.4. The molecule has 132 valence electrons. The second-order valence-electron chi connectivity index (χ2n) is 5.31. The van der Waals surface area contributed by atoms with E-state index >= 15 is 0 Å². The van der Waals surface area contributed by atoms with E-state index in [1.807, 2.05) is 31.2 Å². The number of nitrogens with one attached hydrogen (secondary N) is 2. The van der Waals surface area contributed by atoms with Gasteiger partial charge in [0, 0.05) is 5.69 Å². The molecular formula is C19H17FN4O2. The van der Waals surface area contributed by atoms with Crippen molar-refractivity contribution in [2.75, 3.05) is 17.2 Å². The first-order valence-corrected chi connectivity index (χ1v) is 8.03. The first kappa shape index (κ1) is 17.3. The van der Waals surface area contributed by atoms with E-state index in [0.29, 0.717) is 23.9 Å². The van der Waals surface area contributed by atoms with Crippen LogP contribution >= 0.6 is 0 Å². The van der Waals surface area contributed by atoms with Crippen LogP contribution in [0.1, 0.15) is 17.4 Å². The molecule has 7 heteroatoms. The monoisotopic (exact) mass is 352 g/mol. The van der Waals surface area contributed by atoms with Crippen LogP contribution in [0.15, 0.2) is 60.9 Å². The predicted molar refractivity (Wildman–Crippen MR) is 97.3 cm³/mol. The first-order valence-electron chi connectivity index (χ1n) is 8.03. The Hall–Kier alpha value is -3.48. The van der Waals surface area contributed by atoms with Gasteiger partial charge in [0.2, 0.25) is 0 Å². The normalized spacial score (nSPS) is 10.2. The molecule has 26 heavy (non-hydrogen) atoms. The van der Waals surface area contributed by atoms with E-state index in [0.717, 1.165) is 5.69 Å². The molecule has 0 aliphatic rings. The van der Waals surface area contributed by atoms with Gasteiger partial charge in [0.1, 0.15) is 23.1 Å². The Morgan fingerprint density at radius 2 is 1.96 bits per heavy atom. The molecule has 0 bridgehead atoms. The summed E-state index contributed by atoms with van der Waals surface area (Å²) in [6.45, 7) is 2.45. The molecular weight excluding hydrogens is 335 g/mol. The summed E-state index contributed by atoms with van der Waals surface area (Å²) in [5.74, 6) is 0.273. The molecule has 3 rings (SSSR count). The van der Waals surface area contributed by atoms with E-state index in [1.54, 1.807) is 6.07 Å². The van der Waals surface area contributed by atoms with Crippen LogP contribution in [-0.2, 0) is 0 Å². The van der Waals surface area contributed by atoms with Crippen LogP contribution in [-0.4, -0.2) is 22.5 Å². The molecule has 2 N–H and O–H groups in total. The number of benzene rings is 2. The molecule has 1 heterocycles. The molecule has 0 unspecified atom stereocenters. The van der Waals surface area contributed by atoms with E-state index in [2.05, 4.69) is 20.6 Å². The Morgan fingerprint density at radius 1 is 1.12 bits per heavy atom. The molecule has 0 atom stereocenters. The van der Waals surface area contributed by atoms with E-state index < -0.39 is 11.7 Å². The largest absolute Gasteiger partial charge is 0.492 e. The van der Waals surface area contributed by atoms with Crippen molar-refractivity contribution < 1.29 is 13.9 Å². The van der Waals surface area contributed by atoms with Gasteiger partial charge in [-0.2, -0.15) is 0 Å². The number of carbonyl (C=O) groups excluding carboxylic acids is 1. The standard InChI is InChI=1S/C19H17FN4O2/c1-2-26-17-9-4-3-8-15(17)24-18-12-21-16(11-22-18)19(25)23-14-7-5-6-13(20)10-14/h3-12H,2H2,1H3,(H,22,24)(H,23,25).